The van der Waals surface area contributed by atoms with Crippen LogP contribution in [-0.4, -0.2) is 60.2 Å². The first-order chi connectivity index (χ1) is 19.9. The van der Waals surface area contributed by atoms with Gasteiger partial charge in [0.2, 0.25) is 5.91 Å². The van der Waals surface area contributed by atoms with Gasteiger partial charge in [0, 0.05) is 43.9 Å². The van der Waals surface area contributed by atoms with Crippen molar-refractivity contribution in [3.05, 3.63) is 88.4 Å². The maximum absolute atomic E-state index is 13.0. The number of furan rings is 1. The van der Waals surface area contributed by atoms with Gasteiger partial charge in [0.05, 0.1) is 0 Å². The Morgan fingerprint density at radius 2 is 1.78 bits per heavy atom. The lowest BCUT2D eigenvalue weighted by atomic mass is 9.87. The molecule has 8 heteroatoms. The molecule has 216 valence electrons. The Labute approximate surface area is 242 Å². The number of carbonyl (C=O) groups is 3. The molecule has 0 radical (unpaired) electrons. The fraction of sp³-hybridized carbons (Fsp3) is 0.424. The number of hydrogen-bond acceptors (Lipinski definition) is 5. The van der Waals surface area contributed by atoms with Crippen molar-refractivity contribution in [1.82, 2.24) is 15.1 Å². The predicted molar refractivity (Wildman–Crippen MR) is 159 cm³/mol. The van der Waals surface area contributed by atoms with Crippen molar-refractivity contribution in [1.29, 1.82) is 0 Å². The van der Waals surface area contributed by atoms with Gasteiger partial charge in [-0.25, -0.2) is 0 Å². The first-order valence-electron chi connectivity index (χ1n) is 14.7. The molecule has 0 unspecified atom stereocenters. The maximum Gasteiger partial charge on any atom is 0.291 e. The Hall–Kier alpha value is -3.91. The minimum absolute atomic E-state index is 0.193. The van der Waals surface area contributed by atoms with E-state index < -0.39 is 0 Å². The van der Waals surface area contributed by atoms with Gasteiger partial charge in [-0.2, -0.15) is 0 Å². The second kappa shape index (κ2) is 13.2. The van der Waals surface area contributed by atoms with Crippen LogP contribution in [0.2, 0.25) is 0 Å². The van der Waals surface area contributed by atoms with Crippen LogP contribution in [-0.2, 0) is 11.3 Å². The molecule has 2 aliphatic rings. The second-order valence-corrected chi connectivity index (χ2v) is 11.2. The van der Waals surface area contributed by atoms with Gasteiger partial charge in [-0.3, -0.25) is 19.3 Å². The number of amides is 3. The van der Waals surface area contributed by atoms with E-state index in [-0.39, 0.29) is 29.4 Å². The van der Waals surface area contributed by atoms with Gasteiger partial charge in [0.15, 0.2) is 5.76 Å². The number of likely N-dealkylation sites (tertiary alicyclic amines) is 2. The lowest BCUT2D eigenvalue weighted by Gasteiger charge is -2.33. The Balaban J connectivity index is 1.25. The Morgan fingerprint density at radius 3 is 2.49 bits per heavy atom. The molecule has 3 amide bonds. The number of nitrogens with zero attached hydrogens (tertiary/aromatic N) is 2. The summed E-state index contributed by atoms with van der Waals surface area (Å²) in [6.45, 7) is 8.77. The molecule has 0 saturated carbocycles. The number of anilines is 1. The molecule has 3 aromatic rings. The monoisotopic (exact) mass is 556 g/mol. The van der Waals surface area contributed by atoms with Crippen molar-refractivity contribution in [3.63, 3.8) is 0 Å². The predicted octanol–water partition coefficient (Wildman–Crippen LogP) is 5.27. The number of piperidine rings is 1. The molecule has 2 fully saturated rings. The third kappa shape index (κ3) is 7.24. The Kier molecular flexibility index (Phi) is 9.19. The zero-order valence-corrected chi connectivity index (χ0v) is 24.1. The molecular formula is C33H40N4O4. The zero-order chi connectivity index (χ0) is 28.8. The summed E-state index contributed by atoms with van der Waals surface area (Å²) < 4.78 is 5.55. The summed E-state index contributed by atoms with van der Waals surface area (Å²) >= 11 is 0. The van der Waals surface area contributed by atoms with Gasteiger partial charge in [-0.05, 0) is 99.5 Å². The smallest absolute Gasteiger partial charge is 0.291 e. The van der Waals surface area contributed by atoms with E-state index in [4.69, 9.17) is 4.42 Å². The second-order valence-electron chi connectivity index (χ2n) is 11.2. The highest BCUT2D eigenvalue weighted by Crippen LogP contribution is 2.34. The van der Waals surface area contributed by atoms with E-state index in [9.17, 15) is 14.4 Å². The van der Waals surface area contributed by atoms with E-state index in [1.807, 2.05) is 17.0 Å². The third-order valence-electron chi connectivity index (χ3n) is 8.27. The summed E-state index contributed by atoms with van der Waals surface area (Å²) in [4.78, 5) is 42.2. The lowest BCUT2D eigenvalue weighted by molar-refractivity contribution is -0.127. The van der Waals surface area contributed by atoms with Crippen LogP contribution in [0.1, 0.15) is 81.4 Å². The number of aryl methyl sites for hydroxylation is 2. The molecule has 2 aromatic carbocycles. The molecular weight excluding hydrogens is 516 g/mol. The molecule has 2 N–H and O–H groups in total. The summed E-state index contributed by atoms with van der Waals surface area (Å²) in [5.41, 5.74) is 4.85. The summed E-state index contributed by atoms with van der Waals surface area (Å²) in [5, 5.41) is 6.00. The van der Waals surface area contributed by atoms with Crippen molar-refractivity contribution >= 4 is 23.4 Å². The Bertz CT molecular complexity index is 1390. The molecule has 2 aliphatic heterocycles. The highest BCUT2D eigenvalue weighted by atomic mass is 16.3. The van der Waals surface area contributed by atoms with Crippen LogP contribution in [0.3, 0.4) is 0 Å². The molecule has 0 spiro atoms. The van der Waals surface area contributed by atoms with Gasteiger partial charge in [0.25, 0.3) is 11.8 Å². The highest BCUT2D eigenvalue weighted by molar-refractivity contribution is 6.04. The van der Waals surface area contributed by atoms with E-state index >= 15 is 0 Å². The topological polar surface area (TPSA) is 94.9 Å². The fourth-order valence-electron chi connectivity index (χ4n) is 5.85. The van der Waals surface area contributed by atoms with E-state index in [0.717, 1.165) is 51.0 Å². The van der Waals surface area contributed by atoms with Crippen molar-refractivity contribution in [2.75, 3.05) is 38.0 Å². The van der Waals surface area contributed by atoms with Gasteiger partial charge in [-0.15, -0.1) is 0 Å². The van der Waals surface area contributed by atoms with Crippen LogP contribution < -0.4 is 10.6 Å². The van der Waals surface area contributed by atoms with Gasteiger partial charge >= 0.3 is 0 Å². The molecule has 5 rings (SSSR count). The summed E-state index contributed by atoms with van der Waals surface area (Å²) in [6.07, 6.45) is 4.18. The molecule has 8 nitrogen and oxygen atoms in total. The SMILES string of the molecule is Cc1ccc(C(=O)Nc2cc(C(=O)NCCCN3CCCC3=O)ccc2C2CCN(Cc3ccccc3C)CC2)o1. The molecule has 2 saturated heterocycles. The van der Waals surface area contributed by atoms with Gasteiger partial charge in [0.1, 0.15) is 5.76 Å². The zero-order valence-electron chi connectivity index (χ0n) is 24.1. The quantitative estimate of drug-likeness (QED) is 0.332. The highest BCUT2D eigenvalue weighted by Gasteiger charge is 2.25. The van der Waals surface area contributed by atoms with Crippen LogP contribution in [0.5, 0.6) is 0 Å². The van der Waals surface area contributed by atoms with E-state index in [1.54, 1.807) is 25.1 Å². The molecule has 41 heavy (non-hydrogen) atoms. The first-order valence-corrected chi connectivity index (χ1v) is 14.7. The van der Waals surface area contributed by atoms with E-state index in [0.29, 0.717) is 42.9 Å². The average molecular weight is 557 g/mol. The summed E-state index contributed by atoms with van der Waals surface area (Å²) in [5.74, 6) is 0.853. The molecule has 0 aliphatic carbocycles. The fourth-order valence-corrected chi connectivity index (χ4v) is 5.85. The molecule has 0 bridgehead atoms. The minimum Gasteiger partial charge on any atom is -0.456 e. The van der Waals surface area contributed by atoms with E-state index in [1.165, 1.54) is 11.1 Å². The molecule has 1 aromatic heterocycles. The summed E-state index contributed by atoms with van der Waals surface area (Å²) in [6, 6.07) is 17.6. The normalized spacial score (nSPS) is 16.2. The maximum atomic E-state index is 13.0. The van der Waals surface area contributed by atoms with Gasteiger partial charge in [-0.1, -0.05) is 30.3 Å². The number of nitrogens with one attached hydrogen (secondary N) is 2. The third-order valence-corrected chi connectivity index (χ3v) is 8.27. The largest absolute Gasteiger partial charge is 0.456 e. The number of carbonyl (C=O) groups excluding carboxylic acids is 3. The van der Waals surface area contributed by atoms with Crippen LogP contribution in [0, 0.1) is 13.8 Å². The molecule has 3 heterocycles. The van der Waals surface area contributed by atoms with Crippen molar-refractivity contribution in [2.45, 2.75) is 58.4 Å². The number of hydrogen-bond donors (Lipinski definition) is 2. The van der Waals surface area contributed by atoms with Gasteiger partial charge < -0.3 is 20.0 Å². The van der Waals surface area contributed by atoms with Crippen LogP contribution in [0.4, 0.5) is 5.69 Å². The molecule has 0 atom stereocenters. The lowest BCUT2D eigenvalue weighted by Crippen LogP contribution is -2.33. The van der Waals surface area contributed by atoms with Crippen molar-refractivity contribution in [2.24, 2.45) is 0 Å². The van der Waals surface area contributed by atoms with E-state index in [2.05, 4.69) is 46.7 Å². The average Bonchev–Trinajstić information content (AvgIpc) is 3.60. The first kappa shape index (κ1) is 28.6. The van der Waals surface area contributed by atoms with Crippen LogP contribution >= 0.6 is 0 Å². The Morgan fingerprint density at radius 1 is 0.976 bits per heavy atom. The number of rotatable bonds is 10. The van der Waals surface area contributed by atoms with Crippen molar-refractivity contribution in [3.8, 4) is 0 Å². The number of benzene rings is 2. The minimum atomic E-state index is -0.329. The standard InChI is InChI=1S/C33H40N4O4/c1-23-7-3-4-8-27(23)22-36-19-14-25(15-20-36)28-12-11-26(21-29(28)35-33(40)30-13-10-24(2)41-30)32(39)34-16-6-18-37-17-5-9-31(37)38/h3-4,7-8,10-13,21,25H,5-6,9,14-20,22H2,1-2H3,(H,34,39)(H,35,40). The van der Waals surface area contributed by atoms with Crippen LogP contribution in [0.25, 0.3) is 0 Å². The van der Waals surface area contributed by atoms with Crippen molar-refractivity contribution < 1.29 is 18.8 Å². The van der Waals surface area contributed by atoms with Crippen LogP contribution in [0.15, 0.2) is 59.0 Å². The summed E-state index contributed by atoms with van der Waals surface area (Å²) in [7, 11) is 0.